The molecule has 0 unspecified atom stereocenters. The van der Waals surface area contributed by atoms with E-state index in [1.165, 1.54) is 14.4 Å². The second kappa shape index (κ2) is 13.6. The van der Waals surface area contributed by atoms with Gasteiger partial charge in [0, 0.05) is 26.2 Å². The van der Waals surface area contributed by atoms with E-state index in [4.69, 9.17) is 14.2 Å². The highest BCUT2D eigenvalue weighted by molar-refractivity contribution is 7.92. The molecule has 13 nitrogen and oxygen atoms in total. The molecule has 2 aromatic rings. The molecular weight excluding hydrogens is 552 g/mol. The van der Waals surface area contributed by atoms with Gasteiger partial charge in [0.2, 0.25) is 5.91 Å². The summed E-state index contributed by atoms with van der Waals surface area (Å²) in [5, 5.41) is 0. The minimum Gasteiger partial charge on any atom is -0.494 e. The van der Waals surface area contributed by atoms with Gasteiger partial charge >= 0.3 is 12.1 Å². The number of benzene rings is 1. The Hall–Kier alpha value is -3.46. The van der Waals surface area contributed by atoms with Crippen LogP contribution in [0, 0.1) is 0 Å². The van der Waals surface area contributed by atoms with Gasteiger partial charge in [0.15, 0.2) is 14.6 Å². The number of sulfone groups is 1. The van der Waals surface area contributed by atoms with Crippen LogP contribution >= 0.6 is 11.3 Å². The number of thiazole rings is 1. The monoisotopic (exact) mass is 584 g/mol. The first kappa shape index (κ1) is 30.1. The minimum absolute atomic E-state index is 0.119. The summed E-state index contributed by atoms with van der Waals surface area (Å²) in [6.07, 6.45) is -0.486. The summed E-state index contributed by atoms with van der Waals surface area (Å²) in [7, 11) is -4.13. The third-order valence-electron chi connectivity index (χ3n) is 5.62. The van der Waals surface area contributed by atoms with Crippen molar-refractivity contribution in [3.8, 4) is 5.75 Å². The highest BCUT2D eigenvalue weighted by Crippen LogP contribution is 2.23. The number of esters is 1. The molecular formula is C24H32N4O9S2. The van der Waals surface area contributed by atoms with E-state index in [9.17, 15) is 27.6 Å². The van der Waals surface area contributed by atoms with Crippen LogP contribution in [0.5, 0.6) is 5.75 Å². The topological polar surface area (TPSA) is 154 Å². The van der Waals surface area contributed by atoms with Gasteiger partial charge in [-0.15, -0.1) is 0 Å². The second-order valence-electron chi connectivity index (χ2n) is 8.44. The Balaban J connectivity index is 1.73. The van der Waals surface area contributed by atoms with Gasteiger partial charge in [-0.25, -0.2) is 13.2 Å². The molecule has 1 aromatic carbocycles. The highest BCUT2D eigenvalue weighted by atomic mass is 32.2. The second-order valence-corrected chi connectivity index (χ2v) is 11.5. The molecule has 0 saturated carbocycles. The Morgan fingerprint density at radius 1 is 0.923 bits per heavy atom. The van der Waals surface area contributed by atoms with Crippen LogP contribution in [-0.4, -0.2) is 104 Å². The number of ether oxygens (including phenoxy) is 3. The van der Waals surface area contributed by atoms with E-state index in [0.717, 1.165) is 11.3 Å². The molecule has 214 valence electrons. The number of piperazine rings is 1. The molecule has 0 aliphatic carbocycles. The van der Waals surface area contributed by atoms with E-state index in [1.54, 1.807) is 32.0 Å². The van der Waals surface area contributed by atoms with Gasteiger partial charge in [-0.05, 0) is 39.0 Å². The third kappa shape index (κ3) is 8.26. The summed E-state index contributed by atoms with van der Waals surface area (Å²) < 4.78 is 43.0. The van der Waals surface area contributed by atoms with Crippen LogP contribution in [-0.2, 0) is 40.2 Å². The van der Waals surface area contributed by atoms with Gasteiger partial charge in [-0.3, -0.25) is 14.4 Å². The Morgan fingerprint density at radius 2 is 1.59 bits per heavy atom. The van der Waals surface area contributed by atoms with Crippen molar-refractivity contribution in [2.75, 3.05) is 57.5 Å². The molecule has 1 aliphatic heterocycles. The number of amides is 3. The van der Waals surface area contributed by atoms with Crippen LogP contribution in [0.25, 0.3) is 10.2 Å². The van der Waals surface area contributed by atoms with Crippen molar-refractivity contribution in [3.63, 3.8) is 0 Å². The summed E-state index contributed by atoms with van der Waals surface area (Å²) in [6.45, 7) is 6.58. The molecule has 1 aromatic heterocycles. The first-order valence-electron chi connectivity index (χ1n) is 12.5. The lowest BCUT2D eigenvalue weighted by Gasteiger charge is -2.34. The van der Waals surface area contributed by atoms with Gasteiger partial charge in [0.1, 0.15) is 23.8 Å². The number of carbonyl (C=O) groups is 4. The lowest BCUT2D eigenvalue weighted by Crippen LogP contribution is -2.52. The largest absolute Gasteiger partial charge is 0.494 e. The fraction of sp³-hybridized carbons (Fsp3) is 0.542. The van der Waals surface area contributed by atoms with Crippen molar-refractivity contribution in [1.82, 2.24) is 14.4 Å². The standard InChI is InChI=1S/C24H32N4O9S2/c1-4-35-17-7-8-18-19(13-17)38-23(28(18)14-22(31)36-5-2)25-20(29)15-39(33,34)16-21(30)26-9-11-27(12-10-26)24(32)37-6-3/h7-8,13H,4-6,9-12,14-16H2,1-3H3. The Kier molecular flexibility index (Phi) is 10.5. The number of aromatic nitrogens is 1. The Bertz CT molecular complexity index is 1390. The number of hydrogen-bond donors (Lipinski definition) is 0. The average Bonchev–Trinajstić information content (AvgIpc) is 3.19. The molecule has 0 atom stereocenters. The summed E-state index contributed by atoms with van der Waals surface area (Å²) in [6, 6.07) is 5.18. The van der Waals surface area contributed by atoms with E-state index in [-0.39, 0.29) is 50.7 Å². The van der Waals surface area contributed by atoms with Crippen LogP contribution in [0.3, 0.4) is 0 Å². The van der Waals surface area contributed by atoms with Crippen molar-refractivity contribution >= 4 is 55.3 Å². The molecule has 1 saturated heterocycles. The first-order valence-corrected chi connectivity index (χ1v) is 15.1. The molecule has 39 heavy (non-hydrogen) atoms. The van der Waals surface area contributed by atoms with E-state index >= 15 is 0 Å². The predicted molar refractivity (Wildman–Crippen MR) is 142 cm³/mol. The summed E-state index contributed by atoms with van der Waals surface area (Å²) in [5.41, 5.74) is 0.600. The molecule has 0 N–H and O–H groups in total. The fourth-order valence-electron chi connectivity index (χ4n) is 3.89. The van der Waals surface area contributed by atoms with E-state index in [1.807, 2.05) is 6.92 Å². The quantitative estimate of drug-likeness (QED) is 0.369. The minimum atomic E-state index is -4.13. The maximum Gasteiger partial charge on any atom is 0.409 e. The lowest BCUT2D eigenvalue weighted by molar-refractivity contribution is -0.143. The van der Waals surface area contributed by atoms with E-state index in [2.05, 4.69) is 4.99 Å². The average molecular weight is 585 g/mol. The van der Waals surface area contributed by atoms with Crippen molar-refractivity contribution < 1.29 is 41.8 Å². The van der Waals surface area contributed by atoms with Crippen LogP contribution in [0.4, 0.5) is 4.79 Å². The molecule has 0 bridgehead atoms. The van der Waals surface area contributed by atoms with E-state index in [0.29, 0.717) is 22.6 Å². The number of nitrogens with zero attached hydrogens (tertiary/aromatic N) is 4. The van der Waals surface area contributed by atoms with Crippen LogP contribution in [0.2, 0.25) is 0 Å². The molecule has 3 rings (SSSR count). The maximum atomic E-state index is 12.7. The molecule has 3 amide bonds. The summed E-state index contributed by atoms with van der Waals surface area (Å²) in [4.78, 5) is 56.2. The van der Waals surface area contributed by atoms with Crippen molar-refractivity contribution in [1.29, 1.82) is 0 Å². The SMILES string of the molecule is CCOC(=O)Cn1c(=NC(=O)CS(=O)(=O)CC(=O)N2CCN(C(=O)OCC)CC2)sc2cc(OCC)ccc21. The van der Waals surface area contributed by atoms with Gasteiger partial charge in [0.05, 0.1) is 30.0 Å². The zero-order chi connectivity index (χ0) is 28.6. The number of rotatable bonds is 10. The molecule has 2 heterocycles. The van der Waals surface area contributed by atoms with Gasteiger partial charge in [-0.1, -0.05) is 11.3 Å². The van der Waals surface area contributed by atoms with Crippen LogP contribution in [0.15, 0.2) is 23.2 Å². The van der Waals surface area contributed by atoms with Crippen LogP contribution < -0.4 is 9.54 Å². The normalized spacial score (nSPS) is 14.4. The zero-order valence-corrected chi connectivity index (χ0v) is 23.7. The van der Waals surface area contributed by atoms with Gasteiger partial charge in [-0.2, -0.15) is 4.99 Å². The third-order valence-corrected chi connectivity index (χ3v) is 8.04. The smallest absolute Gasteiger partial charge is 0.409 e. The van der Waals surface area contributed by atoms with Crippen LogP contribution in [0.1, 0.15) is 20.8 Å². The predicted octanol–water partition coefficient (Wildman–Crippen LogP) is 0.807. The van der Waals surface area contributed by atoms with Crippen molar-refractivity contribution in [2.24, 2.45) is 4.99 Å². The summed E-state index contributed by atoms with van der Waals surface area (Å²) in [5.74, 6) is -3.41. The zero-order valence-electron chi connectivity index (χ0n) is 22.1. The fourth-order valence-corrected chi connectivity index (χ4v) is 6.07. The molecule has 1 fully saturated rings. The maximum absolute atomic E-state index is 12.7. The van der Waals surface area contributed by atoms with Crippen molar-refractivity contribution in [3.05, 3.63) is 23.0 Å². The lowest BCUT2D eigenvalue weighted by atomic mass is 10.3. The molecule has 1 aliphatic rings. The Labute approximate surface area is 229 Å². The van der Waals surface area contributed by atoms with Gasteiger partial charge < -0.3 is 28.6 Å². The number of fused-ring (bicyclic) bond motifs is 1. The Morgan fingerprint density at radius 3 is 2.23 bits per heavy atom. The molecule has 15 heteroatoms. The summed E-state index contributed by atoms with van der Waals surface area (Å²) >= 11 is 1.10. The number of carbonyl (C=O) groups excluding carboxylic acids is 4. The number of hydrogen-bond acceptors (Lipinski definition) is 10. The van der Waals surface area contributed by atoms with Gasteiger partial charge in [0.25, 0.3) is 5.91 Å². The highest BCUT2D eigenvalue weighted by Gasteiger charge is 2.29. The first-order chi connectivity index (χ1) is 18.6. The molecule has 0 spiro atoms. The van der Waals surface area contributed by atoms with E-state index < -0.39 is 45.2 Å². The van der Waals surface area contributed by atoms with Crippen molar-refractivity contribution in [2.45, 2.75) is 27.3 Å². The molecule has 0 radical (unpaired) electrons.